The lowest BCUT2D eigenvalue weighted by atomic mass is 10.1. The van der Waals surface area contributed by atoms with E-state index in [2.05, 4.69) is 27.2 Å². The molecule has 1 aliphatic rings. The average molecular weight is 470 g/mol. The molecule has 1 saturated heterocycles. The van der Waals surface area contributed by atoms with Gasteiger partial charge in [-0.05, 0) is 31.5 Å². The molecule has 4 heterocycles. The van der Waals surface area contributed by atoms with Gasteiger partial charge in [0.2, 0.25) is 0 Å². The van der Waals surface area contributed by atoms with Crippen molar-refractivity contribution in [1.29, 1.82) is 10.5 Å². The molecule has 0 bridgehead atoms. The molecule has 2 atom stereocenters. The molecular formula is C25H23N7OS. The summed E-state index contributed by atoms with van der Waals surface area (Å²) in [6.07, 6.45) is 8.02. The van der Waals surface area contributed by atoms with Crippen molar-refractivity contribution in [2.24, 2.45) is 0 Å². The highest BCUT2D eigenvalue weighted by atomic mass is 32.2. The van der Waals surface area contributed by atoms with E-state index in [1.54, 1.807) is 16.8 Å². The summed E-state index contributed by atoms with van der Waals surface area (Å²) in [5, 5.41) is 37.8. The van der Waals surface area contributed by atoms with Gasteiger partial charge in [-0.3, -0.25) is 9.58 Å². The molecule has 5 rings (SSSR count). The van der Waals surface area contributed by atoms with Gasteiger partial charge in [0.05, 0.1) is 41.2 Å². The minimum absolute atomic E-state index is 0.266. The van der Waals surface area contributed by atoms with Gasteiger partial charge in [-0.2, -0.15) is 20.7 Å². The number of aromatic nitrogens is 4. The maximum Gasteiger partial charge on any atom is 0.103 e. The summed E-state index contributed by atoms with van der Waals surface area (Å²) in [5.41, 5.74) is 3.69. The fourth-order valence-electron chi connectivity index (χ4n) is 4.42. The quantitative estimate of drug-likeness (QED) is 0.459. The van der Waals surface area contributed by atoms with Crippen LogP contribution in [-0.2, 0) is 0 Å². The monoisotopic (exact) mass is 469 g/mol. The topological polar surface area (TPSA) is 106 Å². The zero-order valence-corrected chi connectivity index (χ0v) is 19.5. The van der Waals surface area contributed by atoms with Crippen LogP contribution in [0.2, 0.25) is 0 Å². The Hall–Kier alpha value is -3.63. The van der Waals surface area contributed by atoms with E-state index in [0.717, 1.165) is 45.9 Å². The van der Waals surface area contributed by atoms with Gasteiger partial charge in [-0.25, -0.2) is 4.52 Å². The zero-order valence-electron chi connectivity index (χ0n) is 18.7. The molecule has 1 fully saturated rings. The number of aliphatic hydroxyl groups excluding tert-OH is 1. The summed E-state index contributed by atoms with van der Waals surface area (Å²) in [4.78, 5) is 3.94. The van der Waals surface area contributed by atoms with Crippen molar-refractivity contribution in [1.82, 2.24) is 24.3 Å². The van der Waals surface area contributed by atoms with Gasteiger partial charge < -0.3 is 5.11 Å². The maximum atomic E-state index is 9.68. The van der Waals surface area contributed by atoms with Crippen molar-refractivity contribution in [3.8, 4) is 23.3 Å². The van der Waals surface area contributed by atoms with Crippen LogP contribution in [0.3, 0.4) is 0 Å². The highest BCUT2D eigenvalue weighted by Crippen LogP contribution is 2.37. The molecule has 1 aliphatic heterocycles. The molecule has 4 aromatic rings. The Morgan fingerprint density at radius 2 is 1.91 bits per heavy atom. The number of nitrogens with zero attached hydrogens (tertiary/aromatic N) is 7. The second kappa shape index (κ2) is 9.32. The molecule has 0 radical (unpaired) electrons. The van der Waals surface area contributed by atoms with Crippen molar-refractivity contribution in [3.05, 3.63) is 66.2 Å². The number of benzene rings is 1. The Labute approximate surface area is 201 Å². The normalized spacial score (nSPS) is 17.0. The fourth-order valence-corrected chi connectivity index (χ4v) is 5.52. The number of hydrogen-bond donors (Lipinski definition) is 1. The number of aliphatic hydroxyl groups is 1. The van der Waals surface area contributed by atoms with Crippen LogP contribution in [0.5, 0.6) is 0 Å². The number of β-amino-alcohol motifs (C(OH)–C–C–N with tert-alkyl or cyclic N) is 1. The van der Waals surface area contributed by atoms with Crippen LogP contribution in [0.15, 0.2) is 64.9 Å². The van der Waals surface area contributed by atoms with Gasteiger partial charge in [-0.15, -0.1) is 0 Å². The lowest BCUT2D eigenvalue weighted by molar-refractivity contribution is 0.138. The summed E-state index contributed by atoms with van der Waals surface area (Å²) < 4.78 is 3.73. The molecule has 9 heteroatoms. The molecule has 3 aromatic heterocycles. The third-order valence-electron chi connectivity index (χ3n) is 6.00. The summed E-state index contributed by atoms with van der Waals surface area (Å²) >= 11 is 1.46. The molecular weight excluding hydrogens is 446 g/mol. The first-order chi connectivity index (χ1) is 16.6. The summed E-state index contributed by atoms with van der Waals surface area (Å²) in [5.74, 6) is 0. The third-order valence-corrected chi connectivity index (χ3v) is 7.11. The molecule has 34 heavy (non-hydrogen) atoms. The molecule has 1 aromatic carbocycles. The SMILES string of the molecule is C[C@@H](O)CN1CC[C@H](n2cc(-c3cc(Sc4ccccc4C#N)c4c(C#N)cnn4c3)cn2)C1. The van der Waals surface area contributed by atoms with Crippen LogP contribution in [0.25, 0.3) is 16.6 Å². The fraction of sp³-hybridized carbons (Fsp3) is 0.280. The molecule has 0 amide bonds. The Balaban J connectivity index is 1.50. The van der Waals surface area contributed by atoms with Crippen molar-refractivity contribution < 1.29 is 5.11 Å². The van der Waals surface area contributed by atoms with E-state index < -0.39 is 0 Å². The molecule has 1 N–H and O–H groups in total. The summed E-state index contributed by atoms with van der Waals surface area (Å²) in [6, 6.07) is 14.2. The number of pyridine rings is 1. The van der Waals surface area contributed by atoms with Crippen molar-refractivity contribution in [2.45, 2.75) is 35.3 Å². The van der Waals surface area contributed by atoms with Gasteiger partial charge in [0, 0.05) is 52.9 Å². The lowest BCUT2D eigenvalue weighted by Crippen LogP contribution is -2.29. The van der Waals surface area contributed by atoms with Crippen LogP contribution >= 0.6 is 11.8 Å². The molecule has 0 spiro atoms. The van der Waals surface area contributed by atoms with E-state index in [-0.39, 0.29) is 12.1 Å². The number of hydrogen-bond acceptors (Lipinski definition) is 7. The Kier molecular flexibility index (Phi) is 6.08. The summed E-state index contributed by atoms with van der Waals surface area (Å²) in [7, 11) is 0. The molecule has 0 saturated carbocycles. The first-order valence-electron chi connectivity index (χ1n) is 11.1. The van der Waals surface area contributed by atoms with Crippen molar-refractivity contribution in [3.63, 3.8) is 0 Å². The molecule has 0 unspecified atom stereocenters. The van der Waals surface area contributed by atoms with Gasteiger partial charge in [0.15, 0.2) is 0 Å². The third kappa shape index (κ3) is 4.29. The number of fused-ring (bicyclic) bond motifs is 1. The van der Waals surface area contributed by atoms with E-state index in [9.17, 15) is 15.6 Å². The molecule has 0 aliphatic carbocycles. The van der Waals surface area contributed by atoms with Crippen LogP contribution in [-0.4, -0.2) is 55.1 Å². The van der Waals surface area contributed by atoms with E-state index in [1.165, 1.54) is 11.8 Å². The highest BCUT2D eigenvalue weighted by molar-refractivity contribution is 7.99. The molecule has 170 valence electrons. The lowest BCUT2D eigenvalue weighted by Gasteiger charge is -2.17. The number of likely N-dealkylation sites (tertiary alicyclic amines) is 1. The Morgan fingerprint density at radius 3 is 2.71 bits per heavy atom. The van der Waals surface area contributed by atoms with Crippen molar-refractivity contribution >= 4 is 17.3 Å². The van der Waals surface area contributed by atoms with E-state index >= 15 is 0 Å². The van der Waals surface area contributed by atoms with Gasteiger partial charge >= 0.3 is 0 Å². The molecule has 8 nitrogen and oxygen atoms in total. The minimum atomic E-state index is -0.340. The number of nitriles is 2. The van der Waals surface area contributed by atoms with E-state index in [1.807, 2.05) is 54.5 Å². The maximum absolute atomic E-state index is 9.68. The van der Waals surface area contributed by atoms with Crippen LogP contribution in [0.4, 0.5) is 0 Å². The van der Waals surface area contributed by atoms with Crippen molar-refractivity contribution in [2.75, 3.05) is 19.6 Å². The van der Waals surface area contributed by atoms with Gasteiger partial charge in [0.1, 0.15) is 12.1 Å². The predicted octanol–water partition coefficient (Wildman–Crippen LogP) is 3.72. The second-order valence-corrected chi connectivity index (χ2v) is 9.61. The van der Waals surface area contributed by atoms with Crippen LogP contribution < -0.4 is 0 Å². The van der Waals surface area contributed by atoms with Gasteiger partial charge in [0.25, 0.3) is 0 Å². The predicted molar refractivity (Wildman–Crippen MR) is 128 cm³/mol. The Bertz CT molecular complexity index is 1430. The zero-order chi connectivity index (χ0) is 23.7. The first kappa shape index (κ1) is 22.2. The van der Waals surface area contributed by atoms with Gasteiger partial charge in [-0.1, -0.05) is 23.9 Å². The highest BCUT2D eigenvalue weighted by Gasteiger charge is 2.25. The van der Waals surface area contributed by atoms with Crippen LogP contribution in [0, 0.1) is 22.7 Å². The largest absolute Gasteiger partial charge is 0.392 e. The standard InChI is InChI=1S/C25H23N7OS/c1-17(33)13-30-7-6-22(16-30)31-15-21(12-28-31)19-8-24(25-20(10-27)11-29-32(25)14-19)34-23-5-3-2-4-18(23)9-26/h2-5,8,11-12,14-15,17,22,33H,6-7,13,16H2,1H3/t17-,22+/m1/s1. The van der Waals surface area contributed by atoms with E-state index in [0.29, 0.717) is 17.7 Å². The van der Waals surface area contributed by atoms with Crippen LogP contribution in [0.1, 0.15) is 30.5 Å². The smallest absolute Gasteiger partial charge is 0.103 e. The Morgan fingerprint density at radius 1 is 1.09 bits per heavy atom. The minimum Gasteiger partial charge on any atom is -0.392 e. The summed E-state index contributed by atoms with van der Waals surface area (Å²) in [6.45, 7) is 4.29. The number of rotatable bonds is 6. The average Bonchev–Trinajstić information content (AvgIpc) is 3.58. The second-order valence-electron chi connectivity index (χ2n) is 8.53. The van der Waals surface area contributed by atoms with E-state index in [4.69, 9.17) is 0 Å². The first-order valence-corrected chi connectivity index (χ1v) is 11.9.